The molecule has 0 fully saturated rings. The minimum Gasteiger partial charge on any atom is -0.266 e. The molecule has 0 saturated carbocycles. The average Bonchev–Trinajstić information content (AvgIpc) is 2.39. The maximum absolute atomic E-state index is 12.5. The molecule has 0 aliphatic heterocycles. The fourth-order valence-corrected chi connectivity index (χ4v) is 1.36. The van der Waals surface area contributed by atoms with Crippen LogP contribution in [0.4, 0.5) is 8.78 Å². The topological polar surface area (TPSA) is 17.8 Å². The van der Waals surface area contributed by atoms with Crippen LogP contribution in [0.2, 0.25) is 0 Å². The molecule has 0 amide bonds. The second kappa shape index (κ2) is 2.80. The number of aromatic nitrogens is 2. The molecule has 13 heavy (non-hydrogen) atoms. The Balaban J connectivity index is 2.78. The first-order valence-corrected chi connectivity index (χ1v) is 3.81. The van der Waals surface area contributed by atoms with Gasteiger partial charge in [0.05, 0.1) is 5.52 Å². The van der Waals surface area contributed by atoms with E-state index in [1.54, 1.807) is 12.1 Å². The second-order valence-corrected chi connectivity index (χ2v) is 2.75. The molecule has 1 aromatic heterocycles. The summed E-state index contributed by atoms with van der Waals surface area (Å²) in [6.45, 7) is 0. The molecule has 2 aromatic rings. The van der Waals surface area contributed by atoms with Crippen molar-refractivity contribution in [2.75, 3.05) is 0 Å². The van der Waals surface area contributed by atoms with E-state index in [1.807, 2.05) is 0 Å². The molecular formula is C9H7F2N2. The Labute approximate surface area is 73.8 Å². The summed E-state index contributed by atoms with van der Waals surface area (Å²) in [4.78, 5) is 0. The first-order chi connectivity index (χ1) is 6.20. The highest BCUT2D eigenvalue weighted by Crippen LogP contribution is 2.26. The molecule has 1 aromatic carbocycles. The maximum Gasteiger partial charge on any atom is 0.280 e. The lowest BCUT2D eigenvalue weighted by molar-refractivity contribution is 0.142. The SMILES string of the molecule is Cn1nc2cc[c]cc2c1C(F)F. The largest absolute Gasteiger partial charge is 0.280 e. The maximum atomic E-state index is 12.5. The molecule has 0 spiro atoms. The van der Waals surface area contributed by atoms with Gasteiger partial charge in [0, 0.05) is 12.4 Å². The number of benzene rings is 1. The van der Waals surface area contributed by atoms with Crippen molar-refractivity contribution in [3.63, 3.8) is 0 Å². The minimum atomic E-state index is -2.49. The lowest BCUT2D eigenvalue weighted by Gasteiger charge is -1.98. The third kappa shape index (κ3) is 1.18. The molecular weight excluding hydrogens is 174 g/mol. The van der Waals surface area contributed by atoms with Gasteiger partial charge in [0.2, 0.25) is 0 Å². The molecule has 0 saturated heterocycles. The van der Waals surface area contributed by atoms with Gasteiger partial charge in [0.1, 0.15) is 5.69 Å². The Morgan fingerprint density at radius 3 is 3.00 bits per heavy atom. The van der Waals surface area contributed by atoms with Crippen LogP contribution in [-0.4, -0.2) is 9.78 Å². The van der Waals surface area contributed by atoms with Crippen molar-refractivity contribution < 1.29 is 8.78 Å². The van der Waals surface area contributed by atoms with E-state index in [0.717, 1.165) is 0 Å². The number of fused-ring (bicyclic) bond motifs is 1. The highest BCUT2D eigenvalue weighted by atomic mass is 19.3. The van der Waals surface area contributed by atoms with Crippen molar-refractivity contribution in [3.8, 4) is 0 Å². The lowest BCUT2D eigenvalue weighted by Crippen LogP contribution is -1.97. The van der Waals surface area contributed by atoms with Gasteiger partial charge in [-0.3, -0.25) is 4.68 Å². The molecule has 0 N–H and O–H groups in total. The van der Waals surface area contributed by atoms with Gasteiger partial charge in [-0.1, -0.05) is 6.07 Å². The van der Waals surface area contributed by atoms with Gasteiger partial charge in [0.25, 0.3) is 6.43 Å². The van der Waals surface area contributed by atoms with Crippen LogP contribution in [0.15, 0.2) is 18.2 Å². The second-order valence-electron chi connectivity index (χ2n) is 2.75. The molecule has 1 radical (unpaired) electrons. The van der Waals surface area contributed by atoms with Crippen molar-refractivity contribution in [1.82, 2.24) is 9.78 Å². The van der Waals surface area contributed by atoms with E-state index in [1.165, 1.54) is 17.8 Å². The number of hydrogen-bond donors (Lipinski definition) is 0. The summed E-state index contributed by atoms with van der Waals surface area (Å²) in [5.41, 5.74) is 0.531. The van der Waals surface area contributed by atoms with Gasteiger partial charge >= 0.3 is 0 Å². The normalized spacial score (nSPS) is 11.4. The standard InChI is InChI=1S/C9H7F2N2/c1-13-8(9(10)11)6-4-2-3-5-7(6)12-13/h3-5,9H,1H3. The molecule has 0 aliphatic carbocycles. The van der Waals surface area contributed by atoms with Gasteiger partial charge in [-0.05, 0) is 18.2 Å². The summed E-state index contributed by atoms with van der Waals surface area (Å²) in [6.07, 6.45) is -2.49. The highest BCUT2D eigenvalue weighted by molar-refractivity contribution is 5.81. The highest BCUT2D eigenvalue weighted by Gasteiger charge is 2.16. The number of hydrogen-bond acceptors (Lipinski definition) is 1. The van der Waals surface area contributed by atoms with E-state index in [0.29, 0.717) is 10.9 Å². The van der Waals surface area contributed by atoms with Crippen LogP contribution in [0.25, 0.3) is 10.9 Å². The van der Waals surface area contributed by atoms with E-state index >= 15 is 0 Å². The minimum absolute atomic E-state index is 0.0492. The van der Waals surface area contributed by atoms with Crippen molar-refractivity contribution in [3.05, 3.63) is 30.0 Å². The van der Waals surface area contributed by atoms with Crippen LogP contribution in [0.1, 0.15) is 12.1 Å². The van der Waals surface area contributed by atoms with Crippen LogP contribution in [0.5, 0.6) is 0 Å². The molecule has 2 rings (SSSR count). The third-order valence-corrected chi connectivity index (χ3v) is 1.93. The Morgan fingerprint density at radius 1 is 1.54 bits per heavy atom. The van der Waals surface area contributed by atoms with Crippen molar-refractivity contribution in [1.29, 1.82) is 0 Å². The number of aryl methyl sites for hydroxylation is 1. The van der Waals surface area contributed by atoms with Gasteiger partial charge < -0.3 is 0 Å². The summed E-state index contributed by atoms with van der Waals surface area (Å²) < 4.78 is 26.2. The number of rotatable bonds is 1. The predicted octanol–water partition coefficient (Wildman–Crippen LogP) is 2.31. The number of alkyl halides is 2. The van der Waals surface area contributed by atoms with E-state index in [2.05, 4.69) is 11.2 Å². The van der Waals surface area contributed by atoms with E-state index in [9.17, 15) is 8.78 Å². The molecule has 1 heterocycles. The van der Waals surface area contributed by atoms with Gasteiger partial charge in [-0.25, -0.2) is 8.78 Å². The Kier molecular flexibility index (Phi) is 1.76. The molecule has 67 valence electrons. The summed E-state index contributed by atoms with van der Waals surface area (Å²) in [6, 6.07) is 7.61. The number of halogens is 2. The Bertz CT molecular complexity index is 434. The fourth-order valence-electron chi connectivity index (χ4n) is 1.36. The van der Waals surface area contributed by atoms with Gasteiger partial charge in [0.15, 0.2) is 0 Å². The monoisotopic (exact) mass is 181 g/mol. The van der Waals surface area contributed by atoms with E-state index in [4.69, 9.17) is 0 Å². The lowest BCUT2D eigenvalue weighted by atomic mass is 10.2. The van der Waals surface area contributed by atoms with Crippen molar-refractivity contribution in [2.24, 2.45) is 7.05 Å². The van der Waals surface area contributed by atoms with Crippen LogP contribution < -0.4 is 0 Å². The quantitative estimate of drug-likeness (QED) is 0.660. The van der Waals surface area contributed by atoms with E-state index in [-0.39, 0.29) is 5.69 Å². The third-order valence-electron chi connectivity index (χ3n) is 1.93. The summed E-state index contributed by atoms with van der Waals surface area (Å²) >= 11 is 0. The zero-order valence-corrected chi connectivity index (χ0v) is 6.96. The Hall–Kier alpha value is -1.45. The van der Waals surface area contributed by atoms with Gasteiger partial charge in [-0.15, -0.1) is 0 Å². The molecule has 0 unspecified atom stereocenters. The van der Waals surface area contributed by atoms with Crippen LogP contribution in [-0.2, 0) is 7.05 Å². The first-order valence-electron chi connectivity index (χ1n) is 3.81. The fraction of sp³-hybridized carbons (Fsp3) is 0.222. The predicted molar refractivity (Wildman–Crippen MR) is 44.5 cm³/mol. The number of nitrogens with zero attached hydrogens (tertiary/aromatic N) is 2. The average molecular weight is 181 g/mol. The van der Waals surface area contributed by atoms with E-state index < -0.39 is 6.43 Å². The van der Waals surface area contributed by atoms with Crippen LogP contribution in [0, 0.1) is 6.07 Å². The molecule has 0 atom stereocenters. The zero-order valence-electron chi connectivity index (χ0n) is 6.96. The van der Waals surface area contributed by atoms with Crippen LogP contribution in [0.3, 0.4) is 0 Å². The van der Waals surface area contributed by atoms with Crippen molar-refractivity contribution >= 4 is 10.9 Å². The Morgan fingerprint density at radius 2 is 2.31 bits per heavy atom. The summed E-state index contributed by atoms with van der Waals surface area (Å²) in [5, 5.41) is 4.42. The smallest absolute Gasteiger partial charge is 0.266 e. The van der Waals surface area contributed by atoms with Gasteiger partial charge in [-0.2, -0.15) is 5.10 Å². The first kappa shape index (κ1) is 8.16. The summed E-state index contributed by atoms with van der Waals surface area (Å²) in [7, 11) is 1.52. The molecule has 0 aliphatic rings. The zero-order chi connectivity index (χ0) is 9.42. The van der Waals surface area contributed by atoms with Crippen LogP contribution >= 0.6 is 0 Å². The molecule has 4 heteroatoms. The summed E-state index contributed by atoms with van der Waals surface area (Å²) in [5.74, 6) is 0. The van der Waals surface area contributed by atoms with Crippen molar-refractivity contribution in [2.45, 2.75) is 6.43 Å². The molecule has 2 nitrogen and oxygen atoms in total. The molecule has 0 bridgehead atoms.